The van der Waals surface area contributed by atoms with E-state index in [1.165, 1.54) is 33.4 Å². The van der Waals surface area contributed by atoms with E-state index < -0.39 is 0 Å². The standard InChI is InChI=1S/C57H39N3/c1-5-18-40(19-6-1)48-37-49(54-31-16-15-29-52(54)43-22-9-3-10-23-43)39-50(38-48)57-59-55(45-24-11-4-12-25-45)58-56(60-57)47-27-17-26-46(36-47)41-32-34-44(35-33-41)53-30-14-13-28-51(53)42-20-7-2-8-21-42/h1-39H. The lowest BCUT2D eigenvalue weighted by molar-refractivity contribution is 1.07. The Bertz CT molecular complexity index is 3050. The van der Waals surface area contributed by atoms with Crippen molar-refractivity contribution >= 4 is 0 Å². The van der Waals surface area contributed by atoms with Crippen molar-refractivity contribution in [2.24, 2.45) is 0 Å². The summed E-state index contributed by atoms with van der Waals surface area (Å²) in [5.41, 5.74) is 16.5. The third-order valence-corrected chi connectivity index (χ3v) is 11.0. The molecule has 9 aromatic carbocycles. The van der Waals surface area contributed by atoms with Crippen LogP contribution < -0.4 is 0 Å². The summed E-state index contributed by atoms with van der Waals surface area (Å²) in [5, 5.41) is 0. The van der Waals surface area contributed by atoms with E-state index in [9.17, 15) is 0 Å². The molecule has 0 saturated carbocycles. The molecule has 10 rings (SSSR count). The SMILES string of the molecule is c1ccc(-c2cc(-c3nc(-c4ccccc4)nc(-c4cccc(-c5ccc(-c6ccccc6-c6ccccc6)cc5)c4)n3)cc(-c3ccccc3-c3ccccc3)c2)cc1. The molecule has 0 amide bonds. The maximum absolute atomic E-state index is 5.25. The second-order valence-corrected chi connectivity index (χ2v) is 14.8. The van der Waals surface area contributed by atoms with E-state index in [0.717, 1.165) is 50.1 Å². The number of hydrogen-bond acceptors (Lipinski definition) is 3. The third kappa shape index (κ3) is 7.56. The van der Waals surface area contributed by atoms with E-state index >= 15 is 0 Å². The summed E-state index contributed by atoms with van der Waals surface area (Å²) < 4.78 is 0. The van der Waals surface area contributed by atoms with Crippen LogP contribution in [0.3, 0.4) is 0 Å². The molecular weight excluding hydrogens is 727 g/mol. The third-order valence-electron chi connectivity index (χ3n) is 11.0. The summed E-state index contributed by atoms with van der Waals surface area (Å²) in [5.74, 6) is 1.85. The van der Waals surface area contributed by atoms with Crippen LogP contribution in [-0.2, 0) is 0 Å². The van der Waals surface area contributed by atoms with Gasteiger partial charge in [0.25, 0.3) is 0 Å². The summed E-state index contributed by atoms with van der Waals surface area (Å²) in [6.45, 7) is 0. The van der Waals surface area contributed by atoms with E-state index in [4.69, 9.17) is 15.0 Å². The second kappa shape index (κ2) is 16.5. The highest BCUT2D eigenvalue weighted by atomic mass is 15.0. The van der Waals surface area contributed by atoms with Crippen LogP contribution in [-0.4, -0.2) is 15.0 Å². The summed E-state index contributed by atoms with van der Waals surface area (Å²) in [4.78, 5) is 15.5. The highest BCUT2D eigenvalue weighted by molar-refractivity contribution is 5.88. The molecule has 0 unspecified atom stereocenters. The Morgan fingerprint density at radius 2 is 0.467 bits per heavy atom. The molecule has 10 aromatic rings. The van der Waals surface area contributed by atoms with Crippen LogP contribution in [0.15, 0.2) is 237 Å². The van der Waals surface area contributed by atoms with Gasteiger partial charge in [-0.05, 0) is 91.0 Å². The second-order valence-electron chi connectivity index (χ2n) is 14.8. The lowest BCUT2D eigenvalue weighted by atomic mass is 9.91. The van der Waals surface area contributed by atoms with Crippen LogP contribution in [0, 0.1) is 0 Å². The molecule has 3 nitrogen and oxygen atoms in total. The molecule has 60 heavy (non-hydrogen) atoms. The van der Waals surface area contributed by atoms with Crippen LogP contribution in [0.2, 0.25) is 0 Å². The zero-order valence-corrected chi connectivity index (χ0v) is 32.9. The zero-order valence-electron chi connectivity index (χ0n) is 32.9. The predicted octanol–water partition coefficient (Wildman–Crippen LogP) is 14.9. The molecule has 0 bridgehead atoms. The topological polar surface area (TPSA) is 38.7 Å². The Morgan fingerprint density at radius 1 is 0.167 bits per heavy atom. The van der Waals surface area contributed by atoms with Crippen LogP contribution in [0.5, 0.6) is 0 Å². The summed E-state index contributed by atoms with van der Waals surface area (Å²) >= 11 is 0. The van der Waals surface area contributed by atoms with Gasteiger partial charge >= 0.3 is 0 Å². The van der Waals surface area contributed by atoms with Crippen LogP contribution in [0.25, 0.3) is 101 Å². The van der Waals surface area contributed by atoms with E-state index in [1.807, 2.05) is 18.2 Å². The monoisotopic (exact) mass is 765 g/mol. The molecular formula is C57H39N3. The zero-order chi connectivity index (χ0) is 40.1. The van der Waals surface area contributed by atoms with Gasteiger partial charge in [-0.15, -0.1) is 0 Å². The normalized spacial score (nSPS) is 11.0. The van der Waals surface area contributed by atoms with Gasteiger partial charge in [0.05, 0.1) is 0 Å². The Labute approximate surface area is 351 Å². The smallest absolute Gasteiger partial charge is 0.164 e. The van der Waals surface area contributed by atoms with E-state index in [-0.39, 0.29) is 0 Å². The largest absolute Gasteiger partial charge is 0.208 e. The molecule has 0 atom stereocenters. The maximum Gasteiger partial charge on any atom is 0.164 e. The molecule has 0 fully saturated rings. The molecule has 1 aromatic heterocycles. The molecule has 0 N–H and O–H groups in total. The Morgan fingerprint density at radius 3 is 1.00 bits per heavy atom. The van der Waals surface area contributed by atoms with Gasteiger partial charge in [0, 0.05) is 16.7 Å². The van der Waals surface area contributed by atoms with Crippen molar-refractivity contribution in [1.82, 2.24) is 15.0 Å². The molecule has 0 radical (unpaired) electrons. The van der Waals surface area contributed by atoms with Crippen molar-refractivity contribution in [3.63, 3.8) is 0 Å². The van der Waals surface area contributed by atoms with E-state index in [1.54, 1.807) is 0 Å². The average molecular weight is 766 g/mol. The average Bonchev–Trinajstić information content (AvgIpc) is 3.35. The maximum atomic E-state index is 5.25. The minimum absolute atomic E-state index is 0.613. The first kappa shape index (κ1) is 36.3. The van der Waals surface area contributed by atoms with Crippen LogP contribution >= 0.6 is 0 Å². The first-order valence-corrected chi connectivity index (χ1v) is 20.3. The first-order valence-electron chi connectivity index (χ1n) is 20.3. The van der Waals surface area contributed by atoms with Gasteiger partial charge in [0.15, 0.2) is 17.5 Å². The molecule has 0 aliphatic carbocycles. The summed E-state index contributed by atoms with van der Waals surface area (Å²) in [7, 11) is 0. The number of benzene rings is 9. The lowest BCUT2D eigenvalue weighted by Gasteiger charge is -2.15. The van der Waals surface area contributed by atoms with Crippen molar-refractivity contribution in [3.8, 4) is 101 Å². The van der Waals surface area contributed by atoms with Gasteiger partial charge in [-0.1, -0.05) is 212 Å². The molecule has 282 valence electrons. The highest BCUT2D eigenvalue weighted by Gasteiger charge is 2.17. The Kier molecular flexibility index (Phi) is 9.97. The molecule has 0 aliphatic rings. The molecule has 0 aliphatic heterocycles. The molecule has 0 spiro atoms. The van der Waals surface area contributed by atoms with Gasteiger partial charge in [-0.2, -0.15) is 0 Å². The Balaban J connectivity index is 1.08. The number of aromatic nitrogens is 3. The van der Waals surface area contributed by atoms with Crippen molar-refractivity contribution in [2.45, 2.75) is 0 Å². The number of hydrogen-bond donors (Lipinski definition) is 0. The van der Waals surface area contributed by atoms with Crippen LogP contribution in [0.4, 0.5) is 0 Å². The first-order chi connectivity index (χ1) is 29.7. The van der Waals surface area contributed by atoms with Gasteiger partial charge in [-0.25, -0.2) is 15.0 Å². The molecule has 0 saturated heterocycles. The summed E-state index contributed by atoms with van der Waals surface area (Å²) in [6.07, 6.45) is 0. The minimum atomic E-state index is 0.613. The van der Waals surface area contributed by atoms with E-state index in [0.29, 0.717) is 17.5 Å². The molecule has 3 heteroatoms. The van der Waals surface area contributed by atoms with Gasteiger partial charge < -0.3 is 0 Å². The van der Waals surface area contributed by atoms with Gasteiger partial charge in [-0.3, -0.25) is 0 Å². The van der Waals surface area contributed by atoms with Crippen molar-refractivity contribution < 1.29 is 0 Å². The summed E-state index contributed by atoms with van der Waals surface area (Å²) in [6, 6.07) is 83.1. The fraction of sp³-hybridized carbons (Fsp3) is 0. The van der Waals surface area contributed by atoms with Gasteiger partial charge in [0.1, 0.15) is 0 Å². The number of nitrogens with zero attached hydrogens (tertiary/aromatic N) is 3. The fourth-order valence-electron chi connectivity index (χ4n) is 7.95. The van der Waals surface area contributed by atoms with Crippen LogP contribution in [0.1, 0.15) is 0 Å². The number of rotatable bonds is 9. The minimum Gasteiger partial charge on any atom is -0.208 e. The van der Waals surface area contributed by atoms with Crippen molar-refractivity contribution in [3.05, 3.63) is 237 Å². The lowest BCUT2D eigenvalue weighted by Crippen LogP contribution is -2.01. The molecule has 1 heterocycles. The fourth-order valence-corrected chi connectivity index (χ4v) is 7.95. The quantitative estimate of drug-likeness (QED) is 0.147. The predicted molar refractivity (Wildman–Crippen MR) is 249 cm³/mol. The van der Waals surface area contributed by atoms with Crippen molar-refractivity contribution in [2.75, 3.05) is 0 Å². The highest BCUT2D eigenvalue weighted by Crippen LogP contribution is 2.38. The van der Waals surface area contributed by atoms with Gasteiger partial charge in [0.2, 0.25) is 0 Å². The van der Waals surface area contributed by atoms with Crippen molar-refractivity contribution in [1.29, 1.82) is 0 Å². The van der Waals surface area contributed by atoms with E-state index in [2.05, 4.69) is 218 Å². The Hall–Kier alpha value is -8.01.